The van der Waals surface area contributed by atoms with Gasteiger partial charge >= 0.3 is 0 Å². The van der Waals surface area contributed by atoms with Gasteiger partial charge in [0.1, 0.15) is 0 Å². The van der Waals surface area contributed by atoms with Crippen molar-refractivity contribution in [2.75, 3.05) is 6.61 Å². The summed E-state index contributed by atoms with van der Waals surface area (Å²) < 4.78 is 34.7. The molecular weight excluding hydrogens is 474 g/mol. The van der Waals surface area contributed by atoms with Gasteiger partial charge in [-0.1, -0.05) is 93.4 Å². The van der Waals surface area contributed by atoms with Crippen LogP contribution in [-0.4, -0.2) is 6.61 Å². The monoisotopic (exact) mass is 516 g/mol. The highest BCUT2D eigenvalue weighted by Gasteiger charge is 2.25. The summed E-state index contributed by atoms with van der Waals surface area (Å²) in [6, 6.07) is 21.2. The van der Waals surface area contributed by atoms with Crippen LogP contribution in [0.3, 0.4) is 0 Å². The molecule has 0 amide bonds. The van der Waals surface area contributed by atoms with E-state index in [-0.39, 0.29) is 11.7 Å². The van der Waals surface area contributed by atoms with Crippen molar-refractivity contribution < 1.29 is 13.5 Å². The molecule has 1 saturated carbocycles. The zero-order valence-electron chi connectivity index (χ0n) is 23.0. The van der Waals surface area contributed by atoms with E-state index in [1.807, 2.05) is 6.92 Å². The molecule has 1 fully saturated rings. The molecule has 3 aromatic rings. The number of rotatable bonds is 12. The van der Waals surface area contributed by atoms with Crippen LogP contribution in [0.15, 0.2) is 72.8 Å². The Kier molecular flexibility index (Phi) is 10.6. The molecule has 1 nitrogen and oxygen atoms in total. The first kappa shape index (κ1) is 28.1. The lowest BCUT2D eigenvalue weighted by Crippen LogP contribution is -2.14. The van der Waals surface area contributed by atoms with Gasteiger partial charge in [-0.15, -0.1) is 0 Å². The Balaban J connectivity index is 1.22. The second-order valence-corrected chi connectivity index (χ2v) is 10.7. The maximum atomic E-state index is 14.8. The van der Waals surface area contributed by atoms with Crippen molar-refractivity contribution in [1.82, 2.24) is 0 Å². The third-order valence-electron chi connectivity index (χ3n) is 7.83. The minimum absolute atomic E-state index is 0.0343. The van der Waals surface area contributed by atoms with Gasteiger partial charge in [-0.2, -0.15) is 4.39 Å². The van der Waals surface area contributed by atoms with E-state index >= 15 is 0 Å². The van der Waals surface area contributed by atoms with Gasteiger partial charge in [0.25, 0.3) is 0 Å². The Morgan fingerprint density at radius 3 is 1.97 bits per heavy atom. The van der Waals surface area contributed by atoms with Crippen LogP contribution in [0, 0.1) is 17.6 Å². The molecule has 0 heterocycles. The summed E-state index contributed by atoms with van der Waals surface area (Å²) in [6.45, 7) is 4.67. The highest BCUT2D eigenvalue weighted by Crippen LogP contribution is 2.39. The number of unbranched alkanes of at least 4 members (excludes halogenated alkanes) is 1. The van der Waals surface area contributed by atoms with Crippen molar-refractivity contribution in [3.05, 3.63) is 101 Å². The topological polar surface area (TPSA) is 9.23 Å². The minimum atomic E-state index is -0.835. The van der Waals surface area contributed by atoms with E-state index in [1.54, 1.807) is 12.1 Å². The van der Waals surface area contributed by atoms with Crippen LogP contribution >= 0.6 is 0 Å². The summed E-state index contributed by atoms with van der Waals surface area (Å²) in [5, 5.41) is 0. The predicted molar refractivity (Wildman–Crippen MR) is 155 cm³/mol. The maximum absolute atomic E-state index is 14.8. The van der Waals surface area contributed by atoms with Gasteiger partial charge in [0, 0.05) is 0 Å². The average Bonchev–Trinajstić information content (AvgIpc) is 2.95. The van der Waals surface area contributed by atoms with E-state index in [2.05, 4.69) is 67.6 Å². The number of aryl methyl sites for hydroxylation is 2. The second kappa shape index (κ2) is 14.3. The quantitative estimate of drug-likeness (QED) is 0.172. The second-order valence-electron chi connectivity index (χ2n) is 10.7. The number of hydrogen-bond donors (Lipinski definition) is 0. The number of benzene rings is 3. The number of ether oxygens (including phenoxy) is 1. The largest absolute Gasteiger partial charge is 0.490 e. The lowest BCUT2D eigenvalue weighted by molar-refractivity contribution is 0.286. The summed E-state index contributed by atoms with van der Waals surface area (Å²) in [5.74, 6) is -0.919. The average molecular weight is 517 g/mol. The Morgan fingerprint density at radius 1 is 0.737 bits per heavy atom. The van der Waals surface area contributed by atoms with Crippen LogP contribution in [0.2, 0.25) is 0 Å². The van der Waals surface area contributed by atoms with Crippen molar-refractivity contribution in [3.8, 4) is 16.9 Å². The molecule has 4 rings (SSSR count). The molecule has 38 heavy (non-hydrogen) atoms. The highest BCUT2D eigenvalue weighted by molar-refractivity contribution is 5.64. The summed E-state index contributed by atoms with van der Waals surface area (Å²) >= 11 is 0. The normalized spacial score (nSPS) is 17.7. The standard InChI is InChI=1S/C35H42F2O/c1-3-5-25-38-33-24-23-32(34(36)35(33)37)31-21-15-28(16-22-31)10-7-6-9-27-13-19-30(20-14-27)29-17-11-26(8-4-2)12-18-29/h7,10-14,17-20,23-24,28,31H,3-6,8-9,15-16,21-22,25H2,1-2H3/b10-7+. The third kappa shape index (κ3) is 7.56. The van der Waals surface area contributed by atoms with E-state index < -0.39 is 11.6 Å². The summed E-state index contributed by atoms with van der Waals surface area (Å²) in [6.07, 6.45) is 14.6. The first-order valence-corrected chi connectivity index (χ1v) is 14.5. The van der Waals surface area contributed by atoms with E-state index in [0.29, 0.717) is 18.1 Å². The van der Waals surface area contributed by atoms with Crippen LogP contribution in [0.25, 0.3) is 11.1 Å². The first-order valence-electron chi connectivity index (χ1n) is 14.5. The Morgan fingerprint density at radius 2 is 1.37 bits per heavy atom. The van der Waals surface area contributed by atoms with Crippen LogP contribution in [0.1, 0.15) is 87.8 Å². The molecule has 1 aliphatic rings. The fraction of sp³-hybridized carbons (Fsp3) is 0.429. The zero-order chi connectivity index (χ0) is 26.7. The van der Waals surface area contributed by atoms with Gasteiger partial charge in [0.05, 0.1) is 6.61 Å². The van der Waals surface area contributed by atoms with Gasteiger partial charge in [0.15, 0.2) is 11.6 Å². The molecule has 0 radical (unpaired) electrons. The summed E-state index contributed by atoms with van der Waals surface area (Å²) in [4.78, 5) is 0. The first-order chi connectivity index (χ1) is 18.6. The molecule has 0 saturated heterocycles. The third-order valence-corrected chi connectivity index (χ3v) is 7.83. The smallest absolute Gasteiger partial charge is 0.200 e. The molecule has 0 unspecified atom stereocenters. The fourth-order valence-electron chi connectivity index (χ4n) is 5.48. The minimum Gasteiger partial charge on any atom is -0.490 e. The van der Waals surface area contributed by atoms with Crippen LogP contribution in [0.5, 0.6) is 5.75 Å². The van der Waals surface area contributed by atoms with E-state index in [1.165, 1.54) is 28.7 Å². The van der Waals surface area contributed by atoms with Gasteiger partial charge in [-0.25, -0.2) is 4.39 Å². The van der Waals surface area contributed by atoms with E-state index in [9.17, 15) is 8.78 Å². The Bertz CT molecular complexity index is 1160. The van der Waals surface area contributed by atoms with Crippen molar-refractivity contribution in [2.24, 2.45) is 5.92 Å². The van der Waals surface area contributed by atoms with Crippen molar-refractivity contribution in [3.63, 3.8) is 0 Å². The van der Waals surface area contributed by atoms with E-state index in [4.69, 9.17) is 4.74 Å². The van der Waals surface area contributed by atoms with E-state index in [0.717, 1.165) is 57.8 Å². The molecule has 3 heteroatoms. The summed E-state index contributed by atoms with van der Waals surface area (Å²) in [5.41, 5.74) is 5.79. The number of allylic oxidation sites excluding steroid dienone is 2. The molecular formula is C35H42F2O. The van der Waals surface area contributed by atoms with Gasteiger partial charge in [-0.05, 0) is 97.1 Å². The SMILES string of the molecule is CCCCOc1ccc(C2CCC(/C=C/CCc3ccc(-c4ccc(CCC)cc4)cc3)CC2)c(F)c1F. The Labute approximate surface area is 227 Å². The van der Waals surface area contributed by atoms with Crippen molar-refractivity contribution in [1.29, 1.82) is 0 Å². The molecule has 0 atom stereocenters. The fourth-order valence-corrected chi connectivity index (χ4v) is 5.48. The Hall–Kier alpha value is -2.94. The van der Waals surface area contributed by atoms with Crippen LogP contribution in [-0.2, 0) is 12.8 Å². The predicted octanol–water partition coefficient (Wildman–Crippen LogP) is 10.2. The van der Waals surface area contributed by atoms with Crippen LogP contribution in [0.4, 0.5) is 8.78 Å². The van der Waals surface area contributed by atoms with Crippen molar-refractivity contribution >= 4 is 0 Å². The molecule has 0 spiro atoms. The molecule has 0 aliphatic heterocycles. The van der Waals surface area contributed by atoms with Gasteiger partial charge in [-0.3, -0.25) is 0 Å². The zero-order valence-corrected chi connectivity index (χ0v) is 23.0. The molecule has 0 bridgehead atoms. The maximum Gasteiger partial charge on any atom is 0.200 e. The molecule has 202 valence electrons. The molecule has 1 aliphatic carbocycles. The summed E-state index contributed by atoms with van der Waals surface area (Å²) in [7, 11) is 0. The molecule has 0 aromatic heterocycles. The lowest BCUT2D eigenvalue weighted by atomic mass is 9.78. The number of halogens is 2. The van der Waals surface area contributed by atoms with Gasteiger partial charge < -0.3 is 4.74 Å². The molecule has 3 aromatic carbocycles. The number of hydrogen-bond acceptors (Lipinski definition) is 1. The van der Waals surface area contributed by atoms with Crippen molar-refractivity contribution in [2.45, 2.75) is 84.0 Å². The highest BCUT2D eigenvalue weighted by atomic mass is 19.2. The molecule has 0 N–H and O–H groups in total. The lowest BCUT2D eigenvalue weighted by Gasteiger charge is -2.27. The van der Waals surface area contributed by atoms with Gasteiger partial charge in [0.2, 0.25) is 5.82 Å². The van der Waals surface area contributed by atoms with Crippen LogP contribution < -0.4 is 4.74 Å².